The number of thiazole rings is 1. The van der Waals surface area contributed by atoms with Gasteiger partial charge in [-0.1, -0.05) is 11.8 Å². The van der Waals surface area contributed by atoms with E-state index in [1.807, 2.05) is 33.2 Å². The van der Waals surface area contributed by atoms with Crippen molar-refractivity contribution in [2.75, 3.05) is 11.1 Å². The van der Waals surface area contributed by atoms with Crippen molar-refractivity contribution in [1.82, 2.24) is 25.0 Å². The van der Waals surface area contributed by atoms with Gasteiger partial charge in [0, 0.05) is 12.4 Å². The highest BCUT2D eigenvalue weighted by Gasteiger charge is 2.15. The highest BCUT2D eigenvalue weighted by molar-refractivity contribution is 7.99. The lowest BCUT2D eigenvalue weighted by Gasteiger charge is -2.04. The maximum atomic E-state index is 12.1. The van der Waals surface area contributed by atoms with Crippen LogP contribution in [0.15, 0.2) is 15.0 Å². The van der Waals surface area contributed by atoms with Gasteiger partial charge in [-0.05, 0) is 20.8 Å². The molecule has 1 N–H and O–H groups in total. The van der Waals surface area contributed by atoms with Crippen LogP contribution in [0, 0.1) is 20.8 Å². The third-order valence-corrected chi connectivity index (χ3v) is 5.19. The number of thioether (sulfide) groups is 1. The van der Waals surface area contributed by atoms with Gasteiger partial charge in [-0.25, -0.2) is 4.98 Å². The Balaban J connectivity index is 1.54. The van der Waals surface area contributed by atoms with E-state index in [-0.39, 0.29) is 11.7 Å². The Hall–Kier alpha value is -2.20. The maximum absolute atomic E-state index is 12.1. The van der Waals surface area contributed by atoms with Crippen LogP contribution in [0.4, 0.5) is 5.69 Å². The van der Waals surface area contributed by atoms with Gasteiger partial charge >= 0.3 is 0 Å². The van der Waals surface area contributed by atoms with Crippen molar-refractivity contribution in [3.05, 3.63) is 33.4 Å². The Morgan fingerprint density at radius 1 is 1.36 bits per heavy atom. The number of hydrogen-bond donors (Lipinski definition) is 1. The van der Waals surface area contributed by atoms with Gasteiger partial charge in [-0.15, -0.1) is 21.5 Å². The molecular formula is C15H18N6O2S2. The fourth-order valence-corrected chi connectivity index (χ4v) is 3.46. The summed E-state index contributed by atoms with van der Waals surface area (Å²) in [6, 6.07) is 0. The van der Waals surface area contributed by atoms with Gasteiger partial charge in [-0.3, -0.25) is 9.48 Å². The van der Waals surface area contributed by atoms with E-state index < -0.39 is 0 Å². The van der Waals surface area contributed by atoms with Crippen LogP contribution in [0.25, 0.3) is 0 Å². The quantitative estimate of drug-likeness (QED) is 0.658. The molecule has 0 bridgehead atoms. The fraction of sp³-hybridized carbons (Fsp3) is 0.400. The molecule has 0 aliphatic carbocycles. The van der Waals surface area contributed by atoms with Crippen LogP contribution in [0.5, 0.6) is 0 Å². The summed E-state index contributed by atoms with van der Waals surface area (Å²) in [5.41, 5.74) is 3.35. The van der Waals surface area contributed by atoms with Gasteiger partial charge in [0.2, 0.25) is 11.8 Å². The Labute approximate surface area is 153 Å². The highest BCUT2D eigenvalue weighted by Crippen LogP contribution is 2.21. The molecule has 0 radical (unpaired) electrons. The second kappa shape index (κ2) is 7.36. The van der Waals surface area contributed by atoms with Crippen molar-refractivity contribution in [1.29, 1.82) is 0 Å². The number of aryl methyl sites for hydroxylation is 3. The number of hydrogen-bond acceptors (Lipinski definition) is 8. The molecule has 1 amide bonds. The fourth-order valence-electron chi connectivity index (χ4n) is 2.27. The van der Waals surface area contributed by atoms with E-state index >= 15 is 0 Å². The number of rotatable bonds is 6. The number of amides is 1. The zero-order chi connectivity index (χ0) is 18.0. The molecule has 10 heteroatoms. The SMILES string of the molecule is Cc1nc(Cc2nnc(SCC(=O)Nc3c(C)nn(C)c3C)o2)cs1. The number of anilines is 1. The van der Waals surface area contributed by atoms with E-state index in [0.29, 0.717) is 17.5 Å². The lowest BCUT2D eigenvalue weighted by atomic mass is 10.3. The molecular weight excluding hydrogens is 360 g/mol. The van der Waals surface area contributed by atoms with Gasteiger partial charge < -0.3 is 9.73 Å². The normalized spacial score (nSPS) is 11.0. The predicted octanol–water partition coefficient (Wildman–Crippen LogP) is 2.51. The third kappa shape index (κ3) is 4.26. The summed E-state index contributed by atoms with van der Waals surface area (Å²) in [7, 11) is 1.84. The maximum Gasteiger partial charge on any atom is 0.277 e. The average Bonchev–Trinajstić information content (AvgIpc) is 3.24. The van der Waals surface area contributed by atoms with Gasteiger partial charge in [0.25, 0.3) is 5.22 Å². The van der Waals surface area contributed by atoms with Crippen LogP contribution < -0.4 is 5.32 Å². The molecule has 132 valence electrons. The Bertz CT molecular complexity index is 898. The molecule has 0 atom stereocenters. The Morgan fingerprint density at radius 3 is 2.80 bits per heavy atom. The third-order valence-electron chi connectivity index (χ3n) is 3.55. The van der Waals surface area contributed by atoms with Gasteiger partial charge in [0.15, 0.2) is 0 Å². The summed E-state index contributed by atoms with van der Waals surface area (Å²) in [4.78, 5) is 16.5. The smallest absolute Gasteiger partial charge is 0.277 e. The van der Waals surface area contributed by atoms with Crippen molar-refractivity contribution in [3.63, 3.8) is 0 Å². The highest BCUT2D eigenvalue weighted by atomic mass is 32.2. The minimum Gasteiger partial charge on any atom is -0.416 e. The summed E-state index contributed by atoms with van der Waals surface area (Å²) < 4.78 is 7.30. The van der Waals surface area contributed by atoms with Crippen LogP contribution >= 0.6 is 23.1 Å². The van der Waals surface area contributed by atoms with E-state index in [1.165, 1.54) is 11.8 Å². The molecule has 0 fully saturated rings. The summed E-state index contributed by atoms with van der Waals surface area (Å²) in [5.74, 6) is 0.539. The summed E-state index contributed by atoms with van der Waals surface area (Å²) >= 11 is 2.79. The van der Waals surface area contributed by atoms with Crippen molar-refractivity contribution >= 4 is 34.7 Å². The average molecular weight is 378 g/mol. The molecule has 8 nitrogen and oxygen atoms in total. The summed E-state index contributed by atoms with van der Waals surface area (Å²) in [6.07, 6.45) is 0.498. The molecule has 0 aliphatic rings. The topological polar surface area (TPSA) is 98.7 Å². The molecule has 0 aromatic carbocycles. The van der Waals surface area contributed by atoms with Crippen LogP contribution in [-0.2, 0) is 18.3 Å². The zero-order valence-electron chi connectivity index (χ0n) is 14.4. The molecule has 0 spiro atoms. The zero-order valence-corrected chi connectivity index (χ0v) is 16.0. The van der Waals surface area contributed by atoms with E-state index in [2.05, 4.69) is 25.6 Å². The van der Waals surface area contributed by atoms with Crippen molar-refractivity contribution in [2.24, 2.45) is 7.05 Å². The lowest BCUT2D eigenvalue weighted by Crippen LogP contribution is -2.15. The number of carbonyl (C=O) groups excluding carboxylic acids is 1. The predicted molar refractivity (Wildman–Crippen MR) is 96.0 cm³/mol. The second-order valence-corrected chi connectivity index (χ2v) is 7.49. The first-order valence-electron chi connectivity index (χ1n) is 7.58. The lowest BCUT2D eigenvalue weighted by molar-refractivity contribution is -0.113. The van der Waals surface area contributed by atoms with Crippen LogP contribution in [0.3, 0.4) is 0 Å². The van der Waals surface area contributed by atoms with E-state index in [9.17, 15) is 4.79 Å². The van der Waals surface area contributed by atoms with Crippen LogP contribution in [-0.4, -0.2) is 36.6 Å². The molecule has 3 aromatic rings. The molecule has 0 aliphatic heterocycles. The molecule has 3 heterocycles. The van der Waals surface area contributed by atoms with E-state index in [4.69, 9.17) is 4.42 Å². The minimum absolute atomic E-state index is 0.140. The molecule has 3 rings (SSSR count). The standard InChI is InChI=1S/C15H18N6O2S2/c1-8-14(9(2)21(4)20-8)17-12(22)7-25-15-19-18-13(23-15)5-11-6-24-10(3)16-11/h6H,5,7H2,1-4H3,(H,17,22). The van der Waals surface area contributed by atoms with Gasteiger partial charge in [-0.2, -0.15) is 5.10 Å². The Kier molecular flexibility index (Phi) is 5.19. The monoisotopic (exact) mass is 378 g/mol. The number of nitrogens with zero attached hydrogens (tertiary/aromatic N) is 5. The Morgan fingerprint density at radius 2 is 2.16 bits per heavy atom. The molecule has 0 saturated carbocycles. The van der Waals surface area contributed by atoms with E-state index in [1.54, 1.807) is 16.0 Å². The first-order valence-corrected chi connectivity index (χ1v) is 9.45. The molecule has 0 unspecified atom stereocenters. The molecule has 3 aromatic heterocycles. The summed E-state index contributed by atoms with van der Waals surface area (Å²) in [5, 5.41) is 18.5. The van der Waals surface area contributed by atoms with Gasteiger partial charge in [0.05, 0.1) is 40.0 Å². The van der Waals surface area contributed by atoms with Crippen molar-refractivity contribution in [2.45, 2.75) is 32.4 Å². The number of nitrogens with one attached hydrogen (secondary N) is 1. The van der Waals surface area contributed by atoms with Crippen LogP contribution in [0.1, 0.15) is 28.0 Å². The molecule has 25 heavy (non-hydrogen) atoms. The molecule has 0 saturated heterocycles. The van der Waals surface area contributed by atoms with Crippen LogP contribution in [0.2, 0.25) is 0 Å². The number of aromatic nitrogens is 5. The number of carbonyl (C=O) groups is 1. The second-order valence-electron chi connectivity index (χ2n) is 5.50. The first kappa shape index (κ1) is 17.6. The summed E-state index contributed by atoms with van der Waals surface area (Å²) in [6.45, 7) is 5.72. The minimum atomic E-state index is -0.140. The van der Waals surface area contributed by atoms with Crippen molar-refractivity contribution < 1.29 is 9.21 Å². The largest absolute Gasteiger partial charge is 0.416 e. The van der Waals surface area contributed by atoms with E-state index in [0.717, 1.165) is 27.8 Å². The van der Waals surface area contributed by atoms with Crippen molar-refractivity contribution in [3.8, 4) is 0 Å². The first-order chi connectivity index (χ1) is 11.9. The van der Waals surface area contributed by atoms with Gasteiger partial charge in [0.1, 0.15) is 0 Å².